The van der Waals surface area contributed by atoms with E-state index >= 15 is 0 Å². The van der Waals surface area contributed by atoms with Crippen molar-refractivity contribution in [3.8, 4) is 0 Å². The molecule has 1 N–H and O–H groups in total. The zero-order chi connectivity index (χ0) is 18.4. The third-order valence-corrected chi connectivity index (χ3v) is 6.42. The number of benzene rings is 1. The lowest BCUT2D eigenvalue weighted by Crippen LogP contribution is -2.37. The Morgan fingerprint density at radius 3 is 2.08 bits per heavy atom. The number of nitrogens with zero attached hydrogens (tertiary/aromatic N) is 1. The molecule has 1 aromatic carbocycles. The van der Waals surface area contributed by atoms with Crippen LogP contribution < -0.4 is 4.72 Å². The standard InChI is InChI=1S/C19H30N2O3S/c1-15(2)20-25(23,24)18-13-11-16(12-14-18)19(22)21(3)17-9-7-5-4-6-8-10-17/h11-15,17,20H,4-10H2,1-3H3. The third kappa shape index (κ3) is 5.54. The molecule has 1 aliphatic rings. The molecule has 1 aliphatic carbocycles. The van der Waals surface area contributed by atoms with Gasteiger partial charge in [0.15, 0.2) is 0 Å². The summed E-state index contributed by atoms with van der Waals surface area (Å²) in [6.45, 7) is 3.55. The van der Waals surface area contributed by atoms with Crippen LogP contribution in [0.1, 0.15) is 69.2 Å². The van der Waals surface area contributed by atoms with Crippen LogP contribution in [0.15, 0.2) is 29.2 Å². The van der Waals surface area contributed by atoms with E-state index in [4.69, 9.17) is 0 Å². The van der Waals surface area contributed by atoms with Crippen molar-refractivity contribution in [1.29, 1.82) is 0 Å². The molecule has 0 spiro atoms. The molecule has 140 valence electrons. The summed E-state index contributed by atoms with van der Waals surface area (Å²) in [4.78, 5) is 14.8. The van der Waals surface area contributed by atoms with Gasteiger partial charge in [-0.05, 0) is 51.0 Å². The lowest BCUT2D eigenvalue weighted by atomic mass is 9.95. The monoisotopic (exact) mass is 366 g/mol. The molecule has 0 atom stereocenters. The molecule has 0 aliphatic heterocycles. The maximum atomic E-state index is 12.7. The van der Waals surface area contributed by atoms with Crippen molar-refractivity contribution in [2.75, 3.05) is 7.05 Å². The van der Waals surface area contributed by atoms with E-state index in [0.29, 0.717) is 5.56 Å². The van der Waals surface area contributed by atoms with Gasteiger partial charge in [-0.15, -0.1) is 0 Å². The van der Waals surface area contributed by atoms with Gasteiger partial charge in [0.1, 0.15) is 0 Å². The first-order valence-corrected chi connectivity index (χ1v) is 10.7. The van der Waals surface area contributed by atoms with Gasteiger partial charge in [0.05, 0.1) is 4.90 Å². The second-order valence-electron chi connectivity index (χ2n) is 7.22. The maximum absolute atomic E-state index is 12.7. The Morgan fingerprint density at radius 2 is 1.56 bits per heavy atom. The Labute approximate surface area is 151 Å². The fourth-order valence-corrected chi connectivity index (χ4v) is 4.60. The van der Waals surface area contributed by atoms with Crippen molar-refractivity contribution in [1.82, 2.24) is 9.62 Å². The van der Waals surface area contributed by atoms with Crippen molar-refractivity contribution in [2.45, 2.75) is 75.8 Å². The molecular formula is C19H30N2O3S. The maximum Gasteiger partial charge on any atom is 0.253 e. The average Bonchev–Trinajstić information content (AvgIpc) is 2.52. The Kier molecular flexibility index (Phi) is 7.02. The summed E-state index contributed by atoms with van der Waals surface area (Å²) in [5.41, 5.74) is 0.535. The van der Waals surface area contributed by atoms with Gasteiger partial charge in [-0.2, -0.15) is 0 Å². The lowest BCUT2D eigenvalue weighted by molar-refractivity contribution is 0.0706. The molecule has 0 bridgehead atoms. The molecule has 1 fully saturated rings. The van der Waals surface area contributed by atoms with Gasteiger partial charge in [-0.3, -0.25) is 4.79 Å². The lowest BCUT2D eigenvalue weighted by Gasteiger charge is -2.30. The van der Waals surface area contributed by atoms with Crippen LogP contribution in [0.2, 0.25) is 0 Å². The first-order chi connectivity index (χ1) is 11.8. The van der Waals surface area contributed by atoms with Gasteiger partial charge in [0, 0.05) is 24.7 Å². The molecule has 1 saturated carbocycles. The molecule has 1 aromatic rings. The third-order valence-electron chi connectivity index (χ3n) is 4.75. The molecule has 0 unspecified atom stereocenters. The van der Waals surface area contributed by atoms with Crippen LogP contribution in [0.4, 0.5) is 0 Å². The normalized spacial score (nSPS) is 17.1. The first-order valence-electron chi connectivity index (χ1n) is 9.21. The van der Waals surface area contributed by atoms with Crippen LogP contribution in [-0.2, 0) is 10.0 Å². The zero-order valence-electron chi connectivity index (χ0n) is 15.5. The largest absolute Gasteiger partial charge is 0.339 e. The minimum Gasteiger partial charge on any atom is -0.339 e. The van der Waals surface area contributed by atoms with Crippen LogP contribution >= 0.6 is 0 Å². The van der Waals surface area contributed by atoms with Gasteiger partial charge in [0.2, 0.25) is 10.0 Å². The molecule has 25 heavy (non-hydrogen) atoms. The van der Waals surface area contributed by atoms with E-state index in [1.165, 1.54) is 44.2 Å². The fraction of sp³-hybridized carbons (Fsp3) is 0.632. The SMILES string of the molecule is CC(C)NS(=O)(=O)c1ccc(C(=O)N(C)C2CCCCCCC2)cc1. The van der Waals surface area contributed by atoms with Crippen LogP contribution in [0.3, 0.4) is 0 Å². The number of nitrogens with one attached hydrogen (secondary N) is 1. The van der Waals surface area contributed by atoms with Gasteiger partial charge in [-0.25, -0.2) is 13.1 Å². The van der Waals surface area contributed by atoms with E-state index in [0.717, 1.165) is 12.8 Å². The van der Waals surface area contributed by atoms with E-state index in [9.17, 15) is 13.2 Å². The van der Waals surface area contributed by atoms with Crippen LogP contribution in [0, 0.1) is 0 Å². The summed E-state index contributed by atoms with van der Waals surface area (Å²) in [7, 11) is -1.67. The summed E-state index contributed by atoms with van der Waals surface area (Å²) in [5, 5.41) is 0. The summed E-state index contributed by atoms with van der Waals surface area (Å²) < 4.78 is 26.9. The summed E-state index contributed by atoms with van der Waals surface area (Å²) >= 11 is 0. The Bertz CT molecular complexity index is 660. The topological polar surface area (TPSA) is 66.5 Å². The van der Waals surface area contributed by atoms with Crippen molar-refractivity contribution >= 4 is 15.9 Å². The fourth-order valence-electron chi connectivity index (χ4n) is 3.35. The minimum absolute atomic E-state index is 0.0358. The van der Waals surface area contributed by atoms with Gasteiger partial charge < -0.3 is 4.90 Å². The van der Waals surface area contributed by atoms with Crippen molar-refractivity contribution in [3.05, 3.63) is 29.8 Å². The molecule has 1 amide bonds. The highest BCUT2D eigenvalue weighted by atomic mass is 32.2. The molecule has 5 nitrogen and oxygen atoms in total. The molecular weight excluding hydrogens is 336 g/mol. The van der Waals surface area contributed by atoms with Crippen LogP contribution in [0.5, 0.6) is 0 Å². The van der Waals surface area contributed by atoms with Crippen LogP contribution in [-0.4, -0.2) is 38.4 Å². The minimum atomic E-state index is -3.53. The van der Waals surface area contributed by atoms with Crippen molar-refractivity contribution < 1.29 is 13.2 Å². The quantitative estimate of drug-likeness (QED) is 0.866. The van der Waals surface area contributed by atoms with Gasteiger partial charge >= 0.3 is 0 Å². The first kappa shape index (κ1) is 19.9. The Hall–Kier alpha value is -1.40. The Morgan fingerprint density at radius 1 is 1.04 bits per heavy atom. The van der Waals surface area contributed by atoms with Crippen molar-refractivity contribution in [2.24, 2.45) is 0 Å². The van der Waals surface area contributed by atoms with E-state index in [2.05, 4.69) is 4.72 Å². The highest BCUT2D eigenvalue weighted by Gasteiger charge is 2.22. The number of hydrogen-bond acceptors (Lipinski definition) is 3. The molecule has 0 heterocycles. The van der Waals surface area contributed by atoms with Gasteiger partial charge in [-0.1, -0.05) is 32.1 Å². The zero-order valence-corrected chi connectivity index (χ0v) is 16.3. The molecule has 2 rings (SSSR count). The number of sulfonamides is 1. The smallest absolute Gasteiger partial charge is 0.253 e. The predicted molar refractivity (Wildman–Crippen MR) is 100 cm³/mol. The van der Waals surface area contributed by atoms with Gasteiger partial charge in [0.25, 0.3) is 5.91 Å². The second kappa shape index (κ2) is 8.81. The van der Waals surface area contributed by atoms with Crippen molar-refractivity contribution in [3.63, 3.8) is 0 Å². The molecule has 6 heteroatoms. The summed E-state index contributed by atoms with van der Waals surface area (Å²) in [5.74, 6) is -0.0358. The molecule has 0 aromatic heterocycles. The highest BCUT2D eigenvalue weighted by Crippen LogP contribution is 2.22. The number of amides is 1. The van der Waals surface area contributed by atoms with E-state index in [1.807, 2.05) is 11.9 Å². The number of hydrogen-bond donors (Lipinski definition) is 1. The molecule has 0 saturated heterocycles. The number of carbonyl (C=O) groups excluding carboxylic acids is 1. The van der Waals surface area contributed by atoms with E-state index in [1.54, 1.807) is 26.0 Å². The summed E-state index contributed by atoms with van der Waals surface area (Å²) in [6.07, 6.45) is 8.22. The van der Waals surface area contributed by atoms with E-state index in [-0.39, 0.29) is 22.9 Å². The Balaban J connectivity index is 2.08. The molecule has 0 radical (unpaired) electrons. The predicted octanol–water partition coefficient (Wildman–Crippen LogP) is 3.56. The van der Waals surface area contributed by atoms with Crippen LogP contribution in [0.25, 0.3) is 0 Å². The summed E-state index contributed by atoms with van der Waals surface area (Å²) in [6, 6.07) is 6.33. The highest BCUT2D eigenvalue weighted by molar-refractivity contribution is 7.89. The number of rotatable bonds is 5. The average molecular weight is 367 g/mol. The van der Waals surface area contributed by atoms with E-state index < -0.39 is 10.0 Å². The second-order valence-corrected chi connectivity index (χ2v) is 8.93. The number of carbonyl (C=O) groups is 1.